The number of aromatic nitrogens is 2. The highest BCUT2D eigenvalue weighted by molar-refractivity contribution is 7.08. The van der Waals surface area contributed by atoms with Crippen LogP contribution in [0.3, 0.4) is 0 Å². The molecule has 4 aromatic rings. The van der Waals surface area contributed by atoms with Crippen molar-refractivity contribution >= 4 is 28.7 Å². The molecule has 2 aromatic heterocycles. The number of carbonyl (C=O) groups is 1. The number of rotatable bonds is 5. The van der Waals surface area contributed by atoms with Gasteiger partial charge in [0.2, 0.25) is 0 Å². The van der Waals surface area contributed by atoms with Gasteiger partial charge in [0.15, 0.2) is 5.82 Å². The summed E-state index contributed by atoms with van der Waals surface area (Å²) in [5, 5.41) is 17.3. The van der Waals surface area contributed by atoms with E-state index < -0.39 is 10.8 Å². The van der Waals surface area contributed by atoms with E-state index in [1.54, 1.807) is 12.1 Å². The van der Waals surface area contributed by atoms with Gasteiger partial charge in [0.05, 0.1) is 22.5 Å². The molecule has 0 fully saturated rings. The summed E-state index contributed by atoms with van der Waals surface area (Å²) < 4.78 is 13.3. The number of non-ortho nitro benzene ring substituents is 1. The predicted molar refractivity (Wildman–Crippen MR) is 112 cm³/mol. The minimum absolute atomic E-state index is 0.130. The molecule has 4 rings (SSSR count). The first kappa shape index (κ1) is 19.3. The number of amides is 1. The Balaban J connectivity index is 1.69. The van der Waals surface area contributed by atoms with Crippen LogP contribution in [0.2, 0.25) is 0 Å². The molecule has 0 bridgehead atoms. The summed E-state index contributed by atoms with van der Waals surface area (Å²) in [4.78, 5) is 31.8. The van der Waals surface area contributed by atoms with Crippen molar-refractivity contribution in [2.45, 2.75) is 0 Å². The molecule has 30 heavy (non-hydrogen) atoms. The molecule has 0 atom stereocenters. The number of nitro benzene ring substituents is 1. The number of carbonyl (C=O) groups excluding carboxylic acids is 1. The molecule has 0 saturated carbocycles. The molecule has 0 saturated heterocycles. The highest BCUT2D eigenvalue weighted by Gasteiger charge is 2.16. The molecule has 0 aliphatic rings. The second-order valence-corrected chi connectivity index (χ2v) is 7.01. The zero-order chi connectivity index (χ0) is 21.1. The maximum absolute atomic E-state index is 13.3. The Morgan fingerprint density at radius 3 is 2.57 bits per heavy atom. The van der Waals surface area contributed by atoms with Crippen molar-refractivity contribution in [2.24, 2.45) is 0 Å². The third-order valence-electron chi connectivity index (χ3n) is 4.25. The smallest absolute Gasteiger partial charge is 0.270 e. The number of nitro groups is 1. The van der Waals surface area contributed by atoms with Gasteiger partial charge in [-0.1, -0.05) is 6.07 Å². The molecule has 0 aliphatic heterocycles. The van der Waals surface area contributed by atoms with Gasteiger partial charge in [-0.25, -0.2) is 9.37 Å². The van der Waals surface area contributed by atoms with E-state index in [0.29, 0.717) is 17.0 Å². The van der Waals surface area contributed by atoms with Crippen molar-refractivity contribution < 1.29 is 14.1 Å². The molecule has 2 heterocycles. The highest BCUT2D eigenvalue weighted by atomic mass is 32.1. The van der Waals surface area contributed by atoms with Crippen molar-refractivity contribution in [2.75, 3.05) is 5.32 Å². The summed E-state index contributed by atoms with van der Waals surface area (Å²) in [6.07, 6.45) is 1.39. The molecule has 1 amide bonds. The molecule has 148 valence electrons. The summed E-state index contributed by atoms with van der Waals surface area (Å²) in [5.41, 5.74) is 2.51. The van der Waals surface area contributed by atoms with E-state index in [1.807, 2.05) is 16.8 Å². The van der Waals surface area contributed by atoms with Crippen LogP contribution in [0.4, 0.5) is 15.9 Å². The lowest BCUT2D eigenvalue weighted by Crippen LogP contribution is -2.14. The Hall–Kier alpha value is -3.98. The molecular weight excluding hydrogens is 407 g/mol. The van der Waals surface area contributed by atoms with Crippen LogP contribution in [0, 0.1) is 15.9 Å². The van der Waals surface area contributed by atoms with Gasteiger partial charge in [-0.2, -0.15) is 11.3 Å². The minimum Gasteiger partial charge on any atom is -0.305 e. The zero-order valence-electron chi connectivity index (χ0n) is 15.3. The van der Waals surface area contributed by atoms with Crippen LogP contribution in [-0.2, 0) is 0 Å². The minimum atomic E-state index is -0.567. The van der Waals surface area contributed by atoms with Crippen LogP contribution in [-0.4, -0.2) is 20.8 Å². The number of hydrogen-bond donors (Lipinski definition) is 1. The van der Waals surface area contributed by atoms with E-state index >= 15 is 0 Å². The standard InChI is InChI=1S/C21H13FN4O3S/c22-16-6-4-13(5-7-16)19-20(15-8-9-30-12-15)24-18(11-23-19)25-21(27)14-2-1-3-17(10-14)26(28)29/h1-12H,(H,24,25,27). The number of thiophene rings is 1. The lowest BCUT2D eigenvalue weighted by Gasteiger charge is -2.10. The van der Waals surface area contributed by atoms with Gasteiger partial charge in [0.1, 0.15) is 5.82 Å². The second kappa shape index (κ2) is 8.18. The summed E-state index contributed by atoms with van der Waals surface area (Å²) in [7, 11) is 0. The summed E-state index contributed by atoms with van der Waals surface area (Å²) in [5.74, 6) is -0.706. The largest absolute Gasteiger partial charge is 0.305 e. The average molecular weight is 420 g/mol. The van der Waals surface area contributed by atoms with E-state index in [1.165, 1.54) is 53.9 Å². The second-order valence-electron chi connectivity index (χ2n) is 6.23. The van der Waals surface area contributed by atoms with Gasteiger partial charge in [0.25, 0.3) is 11.6 Å². The van der Waals surface area contributed by atoms with Gasteiger partial charge in [-0.3, -0.25) is 19.9 Å². The topological polar surface area (TPSA) is 98.0 Å². The van der Waals surface area contributed by atoms with Gasteiger partial charge < -0.3 is 5.32 Å². The molecule has 0 aliphatic carbocycles. The van der Waals surface area contributed by atoms with Crippen molar-refractivity contribution in [3.8, 4) is 22.5 Å². The van der Waals surface area contributed by atoms with Crippen molar-refractivity contribution in [3.63, 3.8) is 0 Å². The fourth-order valence-electron chi connectivity index (χ4n) is 2.82. The number of hydrogen-bond acceptors (Lipinski definition) is 6. The first-order valence-electron chi connectivity index (χ1n) is 8.72. The normalized spacial score (nSPS) is 10.6. The van der Waals surface area contributed by atoms with Gasteiger partial charge in [-0.15, -0.1) is 0 Å². The number of nitrogens with zero attached hydrogens (tertiary/aromatic N) is 3. The highest BCUT2D eigenvalue weighted by Crippen LogP contribution is 2.31. The third-order valence-corrected chi connectivity index (χ3v) is 4.93. The Labute approximate surface area is 174 Å². The summed E-state index contributed by atoms with van der Waals surface area (Å²) in [6.45, 7) is 0. The van der Waals surface area contributed by atoms with Gasteiger partial charge >= 0.3 is 0 Å². The Kier molecular flexibility index (Phi) is 5.27. The molecule has 0 spiro atoms. The van der Waals surface area contributed by atoms with Crippen molar-refractivity contribution in [1.82, 2.24) is 9.97 Å². The zero-order valence-corrected chi connectivity index (χ0v) is 16.1. The molecule has 9 heteroatoms. The van der Waals surface area contributed by atoms with Crippen LogP contribution in [0.1, 0.15) is 10.4 Å². The van der Waals surface area contributed by atoms with Crippen molar-refractivity contribution in [1.29, 1.82) is 0 Å². The first-order valence-corrected chi connectivity index (χ1v) is 9.67. The molecule has 0 unspecified atom stereocenters. The quantitative estimate of drug-likeness (QED) is 0.355. The Morgan fingerprint density at radius 1 is 1.07 bits per heavy atom. The number of nitrogens with one attached hydrogen (secondary N) is 1. The SMILES string of the molecule is O=C(Nc1cnc(-c2ccc(F)cc2)c(-c2ccsc2)n1)c1cccc([N+](=O)[O-])c1. The van der Waals surface area contributed by atoms with E-state index in [4.69, 9.17) is 0 Å². The van der Waals surface area contributed by atoms with Crippen LogP contribution < -0.4 is 5.32 Å². The molecule has 7 nitrogen and oxygen atoms in total. The van der Waals surface area contributed by atoms with Crippen molar-refractivity contribution in [3.05, 3.63) is 93.0 Å². The van der Waals surface area contributed by atoms with Gasteiger partial charge in [0, 0.05) is 34.2 Å². The monoisotopic (exact) mass is 420 g/mol. The summed E-state index contributed by atoms with van der Waals surface area (Å²) >= 11 is 1.48. The van der Waals surface area contributed by atoms with E-state index in [2.05, 4.69) is 15.3 Å². The van der Waals surface area contributed by atoms with E-state index in [9.17, 15) is 19.3 Å². The van der Waals surface area contributed by atoms with Crippen LogP contribution in [0.5, 0.6) is 0 Å². The fraction of sp³-hybridized carbons (Fsp3) is 0. The number of anilines is 1. The van der Waals surface area contributed by atoms with E-state index in [-0.39, 0.29) is 22.9 Å². The van der Waals surface area contributed by atoms with Crippen LogP contribution in [0.15, 0.2) is 71.6 Å². The predicted octanol–water partition coefficient (Wildman–Crippen LogP) is 5.17. The van der Waals surface area contributed by atoms with Crippen LogP contribution in [0.25, 0.3) is 22.5 Å². The van der Waals surface area contributed by atoms with Gasteiger partial charge in [-0.05, 0) is 41.8 Å². The third kappa shape index (κ3) is 4.06. The Morgan fingerprint density at radius 2 is 1.87 bits per heavy atom. The lowest BCUT2D eigenvalue weighted by molar-refractivity contribution is -0.384. The number of halogens is 1. The maximum Gasteiger partial charge on any atom is 0.270 e. The average Bonchev–Trinajstić information content (AvgIpc) is 3.29. The molecule has 0 radical (unpaired) electrons. The first-order chi connectivity index (χ1) is 14.5. The molecular formula is C21H13FN4O3S. The Bertz CT molecular complexity index is 1230. The maximum atomic E-state index is 13.3. The van der Waals surface area contributed by atoms with E-state index in [0.717, 1.165) is 5.56 Å². The molecule has 2 aromatic carbocycles. The molecule has 1 N–H and O–H groups in total. The number of benzene rings is 2. The van der Waals surface area contributed by atoms with Crippen LogP contribution >= 0.6 is 11.3 Å². The lowest BCUT2D eigenvalue weighted by atomic mass is 10.1. The fourth-order valence-corrected chi connectivity index (χ4v) is 3.46. The summed E-state index contributed by atoms with van der Waals surface area (Å²) in [6, 6.07) is 13.2.